The molecule has 16 heavy (non-hydrogen) atoms. The fraction of sp³-hybridized carbons (Fsp3) is 0.167. The van der Waals surface area contributed by atoms with E-state index in [1.807, 2.05) is 24.3 Å². The minimum absolute atomic E-state index is 0.624. The maximum Gasteiger partial charge on any atom is 0.137 e. The topological polar surface area (TPSA) is 21.3 Å². The minimum Gasteiger partial charge on any atom is -0.495 e. The third-order valence-electron chi connectivity index (χ3n) is 2.20. The van der Waals surface area contributed by atoms with Crippen LogP contribution in [0.3, 0.4) is 0 Å². The van der Waals surface area contributed by atoms with Gasteiger partial charge < -0.3 is 10.1 Å². The first-order valence-corrected chi connectivity index (χ1v) is 6.15. The first-order chi connectivity index (χ1) is 7.79. The van der Waals surface area contributed by atoms with Crippen LogP contribution >= 0.6 is 22.9 Å². The van der Waals surface area contributed by atoms with Crippen LogP contribution in [0, 0.1) is 0 Å². The lowest BCUT2D eigenvalue weighted by Crippen LogP contribution is -1.97. The summed E-state index contributed by atoms with van der Waals surface area (Å²) in [5.74, 6) is 0.698. The number of hydrogen-bond donors (Lipinski definition) is 1. The number of hydrogen-bond acceptors (Lipinski definition) is 3. The van der Waals surface area contributed by atoms with Gasteiger partial charge in [-0.05, 0) is 29.6 Å². The Bertz CT molecular complexity index is 456. The molecular formula is C12H12ClNOS. The van der Waals surface area contributed by atoms with Gasteiger partial charge in [-0.3, -0.25) is 0 Å². The maximum absolute atomic E-state index is 6.03. The minimum atomic E-state index is 0.624. The molecule has 0 aliphatic carbocycles. The van der Waals surface area contributed by atoms with E-state index in [2.05, 4.69) is 16.8 Å². The highest BCUT2D eigenvalue weighted by molar-refractivity contribution is 7.09. The number of methoxy groups -OCH3 is 1. The van der Waals surface area contributed by atoms with Gasteiger partial charge in [-0.25, -0.2) is 0 Å². The second kappa shape index (κ2) is 5.23. The number of thiophene rings is 1. The van der Waals surface area contributed by atoms with Gasteiger partial charge in [0.1, 0.15) is 5.75 Å². The zero-order valence-corrected chi connectivity index (χ0v) is 10.4. The van der Waals surface area contributed by atoms with Crippen LogP contribution in [0.15, 0.2) is 35.7 Å². The average Bonchev–Trinajstić information content (AvgIpc) is 2.79. The summed E-state index contributed by atoms with van der Waals surface area (Å²) in [6.45, 7) is 0.820. The van der Waals surface area contributed by atoms with Crippen LogP contribution in [-0.2, 0) is 6.54 Å². The SMILES string of the molecule is COc1ccc(NCc2cccs2)cc1Cl. The quantitative estimate of drug-likeness (QED) is 0.889. The molecule has 0 aliphatic rings. The second-order valence-corrected chi connectivity index (χ2v) is 4.72. The van der Waals surface area contributed by atoms with Gasteiger partial charge >= 0.3 is 0 Å². The lowest BCUT2D eigenvalue weighted by molar-refractivity contribution is 0.415. The summed E-state index contributed by atoms with van der Waals surface area (Å²) >= 11 is 7.76. The van der Waals surface area contributed by atoms with E-state index in [0.717, 1.165) is 12.2 Å². The van der Waals surface area contributed by atoms with Gasteiger partial charge in [0.2, 0.25) is 0 Å². The molecule has 0 saturated carbocycles. The van der Waals surface area contributed by atoms with Crippen molar-refractivity contribution >= 4 is 28.6 Å². The van der Waals surface area contributed by atoms with E-state index >= 15 is 0 Å². The van der Waals surface area contributed by atoms with Gasteiger partial charge in [-0.1, -0.05) is 17.7 Å². The standard InChI is InChI=1S/C12H12ClNOS/c1-15-12-5-4-9(7-11(12)13)14-8-10-3-2-6-16-10/h2-7,14H,8H2,1H3. The van der Waals surface area contributed by atoms with Crippen molar-refractivity contribution < 1.29 is 4.74 Å². The Labute approximate surface area is 104 Å². The Balaban J connectivity index is 2.02. The average molecular weight is 254 g/mol. The van der Waals surface area contributed by atoms with Crippen molar-refractivity contribution in [3.63, 3.8) is 0 Å². The Hall–Kier alpha value is -1.19. The first kappa shape index (κ1) is 11.3. The second-order valence-electron chi connectivity index (χ2n) is 3.28. The van der Waals surface area contributed by atoms with E-state index in [9.17, 15) is 0 Å². The number of ether oxygens (including phenoxy) is 1. The molecule has 0 saturated heterocycles. The molecule has 0 fully saturated rings. The van der Waals surface area contributed by atoms with Gasteiger partial charge in [-0.2, -0.15) is 0 Å². The number of rotatable bonds is 4. The number of benzene rings is 1. The molecule has 0 unspecified atom stereocenters. The molecule has 84 valence electrons. The van der Waals surface area contributed by atoms with E-state index in [-0.39, 0.29) is 0 Å². The van der Waals surface area contributed by atoms with Gasteiger partial charge in [0.15, 0.2) is 0 Å². The van der Waals surface area contributed by atoms with Crippen molar-refractivity contribution in [2.75, 3.05) is 12.4 Å². The van der Waals surface area contributed by atoms with Crippen molar-refractivity contribution in [2.45, 2.75) is 6.54 Å². The predicted octanol–water partition coefficient (Wildman–Crippen LogP) is 4.02. The van der Waals surface area contributed by atoms with Crippen LogP contribution in [0.1, 0.15) is 4.88 Å². The van der Waals surface area contributed by atoms with Crippen LogP contribution < -0.4 is 10.1 Å². The first-order valence-electron chi connectivity index (χ1n) is 4.89. The number of nitrogens with one attached hydrogen (secondary N) is 1. The predicted molar refractivity (Wildman–Crippen MR) is 69.6 cm³/mol. The normalized spacial score (nSPS) is 10.1. The van der Waals surface area contributed by atoms with E-state index in [1.54, 1.807) is 18.4 Å². The van der Waals surface area contributed by atoms with Crippen LogP contribution in [0.25, 0.3) is 0 Å². The smallest absolute Gasteiger partial charge is 0.137 e. The molecule has 1 aromatic carbocycles. The lowest BCUT2D eigenvalue weighted by Gasteiger charge is -2.07. The van der Waals surface area contributed by atoms with E-state index in [0.29, 0.717) is 10.8 Å². The fourth-order valence-corrected chi connectivity index (χ4v) is 2.28. The molecule has 4 heteroatoms. The summed E-state index contributed by atoms with van der Waals surface area (Å²) in [7, 11) is 1.61. The van der Waals surface area contributed by atoms with Crippen LogP contribution in [0.4, 0.5) is 5.69 Å². The van der Waals surface area contributed by atoms with E-state index < -0.39 is 0 Å². The van der Waals surface area contributed by atoms with Gasteiger partial charge in [0.25, 0.3) is 0 Å². The summed E-state index contributed by atoms with van der Waals surface area (Å²) < 4.78 is 5.09. The summed E-state index contributed by atoms with van der Waals surface area (Å²) in [4.78, 5) is 1.30. The molecular weight excluding hydrogens is 242 g/mol. The Morgan fingerprint density at radius 1 is 1.38 bits per heavy atom. The summed E-state index contributed by atoms with van der Waals surface area (Å²) in [5.41, 5.74) is 0.999. The van der Waals surface area contributed by atoms with Crippen molar-refractivity contribution in [1.82, 2.24) is 0 Å². The maximum atomic E-state index is 6.03. The van der Waals surface area contributed by atoms with Crippen molar-refractivity contribution in [2.24, 2.45) is 0 Å². The highest BCUT2D eigenvalue weighted by Gasteiger charge is 2.01. The van der Waals surface area contributed by atoms with Gasteiger partial charge in [-0.15, -0.1) is 11.3 Å². The molecule has 0 amide bonds. The molecule has 0 aliphatic heterocycles. The number of halogens is 1. The fourth-order valence-electron chi connectivity index (χ4n) is 1.38. The molecule has 2 rings (SSSR count). The summed E-state index contributed by atoms with van der Waals surface area (Å²) in [6, 6.07) is 9.83. The van der Waals surface area contributed by atoms with E-state index in [1.165, 1.54) is 4.88 Å². The Morgan fingerprint density at radius 2 is 2.25 bits per heavy atom. The zero-order chi connectivity index (χ0) is 11.4. The molecule has 0 spiro atoms. The van der Waals surface area contributed by atoms with Crippen LogP contribution in [0.2, 0.25) is 5.02 Å². The molecule has 2 aromatic rings. The van der Waals surface area contributed by atoms with Crippen LogP contribution in [-0.4, -0.2) is 7.11 Å². The highest BCUT2D eigenvalue weighted by atomic mass is 35.5. The summed E-state index contributed by atoms with van der Waals surface area (Å²) in [6.07, 6.45) is 0. The molecule has 0 radical (unpaired) electrons. The van der Waals surface area contributed by atoms with Crippen molar-refractivity contribution in [3.8, 4) is 5.75 Å². The monoisotopic (exact) mass is 253 g/mol. The Morgan fingerprint density at radius 3 is 2.88 bits per heavy atom. The zero-order valence-electron chi connectivity index (χ0n) is 8.87. The van der Waals surface area contributed by atoms with E-state index in [4.69, 9.17) is 16.3 Å². The highest BCUT2D eigenvalue weighted by Crippen LogP contribution is 2.27. The molecule has 0 atom stereocenters. The molecule has 0 bridgehead atoms. The van der Waals surface area contributed by atoms with Crippen LogP contribution in [0.5, 0.6) is 5.75 Å². The third kappa shape index (κ3) is 2.68. The molecule has 1 N–H and O–H groups in total. The summed E-state index contributed by atoms with van der Waals surface area (Å²) in [5, 5.41) is 6.00. The van der Waals surface area contributed by atoms with Gasteiger partial charge in [0.05, 0.1) is 12.1 Å². The van der Waals surface area contributed by atoms with Crippen molar-refractivity contribution in [3.05, 3.63) is 45.6 Å². The molecule has 1 aromatic heterocycles. The number of anilines is 1. The Kier molecular flexibility index (Phi) is 3.70. The molecule has 2 nitrogen and oxygen atoms in total. The lowest BCUT2D eigenvalue weighted by atomic mass is 10.3. The van der Waals surface area contributed by atoms with Gasteiger partial charge in [0, 0.05) is 17.1 Å². The third-order valence-corrected chi connectivity index (χ3v) is 3.37. The largest absolute Gasteiger partial charge is 0.495 e. The van der Waals surface area contributed by atoms with Crippen molar-refractivity contribution in [1.29, 1.82) is 0 Å². The molecule has 1 heterocycles.